The average molecular weight is 255 g/mol. The maximum absolute atomic E-state index is 11.7. The monoisotopic (exact) mass is 255 g/mol. The lowest BCUT2D eigenvalue weighted by molar-refractivity contribution is 0.0496. The van der Waals surface area contributed by atoms with E-state index in [9.17, 15) is 9.90 Å². The number of hydrogen-bond donors (Lipinski definition) is 2. The summed E-state index contributed by atoms with van der Waals surface area (Å²) in [5.41, 5.74) is -0.382. The highest BCUT2D eigenvalue weighted by molar-refractivity contribution is 5.68. The van der Waals surface area contributed by atoms with Gasteiger partial charge in [-0.3, -0.25) is 0 Å². The average Bonchev–Trinajstić information content (AvgIpc) is 2.70. The minimum Gasteiger partial charge on any atom is -0.444 e. The first-order chi connectivity index (χ1) is 8.35. The number of alkyl carbamates (subject to hydrolysis) is 1. The lowest BCUT2D eigenvalue weighted by Crippen LogP contribution is -2.38. The van der Waals surface area contributed by atoms with Crippen LogP contribution in [0, 0.1) is 11.3 Å². The second-order valence-electron chi connectivity index (χ2n) is 6.89. The zero-order valence-electron chi connectivity index (χ0n) is 11.7. The molecule has 0 heterocycles. The molecule has 0 aromatic carbocycles. The van der Waals surface area contributed by atoms with E-state index < -0.39 is 5.60 Å². The van der Waals surface area contributed by atoms with Crippen molar-refractivity contribution in [3.05, 3.63) is 0 Å². The highest BCUT2D eigenvalue weighted by Crippen LogP contribution is 2.53. The molecule has 2 rings (SSSR count). The Bertz CT molecular complexity index is 323. The van der Waals surface area contributed by atoms with Crippen molar-refractivity contribution < 1.29 is 14.6 Å². The zero-order valence-corrected chi connectivity index (χ0v) is 11.7. The van der Waals surface area contributed by atoms with E-state index in [1.807, 2.05) is 20.8 Å². The Balaban J connectivity index is 1.88. The van der Waals surface area contributed by atoms with Gasteiger partial charge in [-0.2, -0.15) is 0 Å². The van der Waals surface area contributed by atoms with Crippen LogP contribution in [0.2, 0.25) is 0 Å². The molecule has 4 nitrogen and oxygen atoms in total. The number of carbonyl (C=O) groups is 1. The summed E-state index contributed by atoms with van der Waals surface area (Å²) in [6, 6.07) is 0.164. The second kappa shape index (κ2) is 4.72. The summed E-state index contributed by atoms with van der Waals surface area (Å²) in [6.45, 7) is 5.85. The van der Waals surface area contributed by atoms with Gasteiger partial charge in [0, 0.05) is 12.6 Å². The Morgan fingerprint density at radius 3 is 2.78 bits per heavy atom. The van der Waals surface area contributed by atoms with Gasteiger partial charge in [0.1, 0.15) is 5.60 Å². The maximum Gasteiger partial charge on any atom is 0.407 e. The summed E-state index contributed by atoms with van der Waals surface area (Å²) in [7, 11) is 0. The Labute approximate surface area is 109 Å². The third-order valence-electron chi connectivity index (χ3n) is 4.35. The van der Waals surface area contributed by atoms with E-state index in [1.54, 1.807) is 0 Å². The number of hydrogen-bond acceptors (Lipinski definition) is 3. The van der Waals surface area contributed by atoms with E-state index >= 15 is 0 Å². The second-order valence-corrected chi connectivity index (χ2v) is 6.89. The summed E-state index contributed by atoms with van der Waals surface area (Å²) < 4.78 is 5.28. The number of amides is 1. The van der Waals surface area contributed by atoms with Crippen LogP contribution >= 0.6 is 0 Å². The molecule has 0 saturated heterocycles. The zero-order chi connectivity index (χ0) is 13.4. The van der Waals surface area contributed by atoms with Crippen LogP contribution in [0.15, 0.2) is 0 Å². The van der Waals surface area contributed by atoms with Crippen LogP contribution in [0.1, 0.15) is 52.9 Å². The van der Waals surface area contributed by atoms with Crippen molar-refractivity contribution in [1.82, 2.24) is 5.32 Å². The minimum absolute atomic E-state index is 0.0691. The Kier molecular flexibility index (Phi) is 3.58. The molecule has 3 atom stereocenters. The highest BCUT2D eigenvalue weighted by Gasteiger charge is 2.49. The number of aliphatic hydroxyl groups excluding tert-OH is 1. The number of fused-ring (bicyclic) bond motifs is 1. The Hall–Kier alpha value is -0.770. The molecule has 2 aliphatic rings. The Morgan fingerprint density at radius 2 is 2.22 bits per heavy atom. The molecular formula is C14H25NO3. The molecule has 0 aliphatic heterocycles. The predicted molar refractivity (Wildman–Crippen MR) is 69.3 cm³/mol. The maximum atomic E-state index is 11.7. The summed E-state index contributed by atoms with van der Waals surface area (Å²) in [4.78, 5) is 11.7. The van der Waals surface area contributed by atoms with E-state index in [-0.39, 0.29) is 24.2 Å². The molecule has 2 saturated carbocycles. The van der Waals surface area contributed by atoms with Crippen LogP contribution in [0.5, 0.6) is 0 Å². The number of rotatable bonds is 2. The van der Waals surface area contributed by atoms with Crippen molar-refractivity contribution in [1.29, 1.82) is 0 Å². The van der Waals surface area contributed by atoms with E-state index in [0.29, 0.717) is 5.92 Å². The predicted octanol–water partition coefficient (Wildman–Crippen LogP) is 2.45. The standard InChI is InChI=1S/C14H25NO3/c1-13(2,3)18-12(17)15-11-7-10-5-4-6-14(10,8-11)9-16/h10-11,16H,4-9H2,1-3H3,(H,15,17). The number of nitrogens with one attached hydrogen (secondary N) is 1. The molecule has 1 amide bonds. The quantitative estimate of drug-likeness (QED) is 0.797. The van der Waals surface area contributed by atoms with Crippen LogP contribution in [0.4, 0.5) is 4.79 Å². The van der Waals surface area contributed by atoms with Gasteiger partial charge in [-0.15, -0.1) is 0 Å². The van der Waals surface area contributed by atoms with Crippen molar-refractivity contribution in [2.75, 3.05) is 6.61 Å². The van der Waals surface area contributed by atoms with E-state index in [2.05, 4.69) is 5.32 Å². The van der Waals surface area contributed by atoms with Crippen LogP contribution < -0.4 is 5.32 Å². The molecule has 2 fully saturated rings. The van der Waals surface area contributed by atoms with Gasteiger partial charge in [0.05, 0.1) is 0 Å². The molecule has 104 valence electrons. The number of ether oxygens (including phenoxy) is 1. The van der Waals surface area contributed by atoms with Gasteiger partial charge in [0.15, 0.2) is 0 Å². The fraction of sp³-hybridized carbons (Fsp3) is 0.929. The summed E-state index contributed by atoms with van der Waals surface area (Å²) >= 11 is 0. The number of carbonyl (C=O) groups excluding carboxylic acids is 1. The van der Waals surface area contributed by atoms with Gasteiger partial charge >= 0.3 is 6.09 Å². The van der Waals surface area contributed by atoms with Gasteiger partial charge in [-0.25, -0.2) is 4.79 Å². The van der Waals surface area contributed by atoms with E-state index in [1.165, 1.54) is 12.8 Å². The molecule has 2 aliphatic carbocycles. The van der Waals surface area contributed by atoms with Crippen LogP contribution in [-0.4, -0.2) is 29.4 Å². The SMILES string of the molecule is CC(C)(C)OC(=O)NC1CC2CCCC2(CO)C1. The highest BCUT2D eigenvalue weighted by atomic mass is 16.6. The molecule has 0 bridgehead atoms. The molecule has 0 radical (unpaired) electrons. The molecule has 3 unspecified atom stereocenters. The first-order valence-electron chi connectivity index (χ1n) is 6.95. The lowest BCUT2D eigenvalue weighted by atomic mass is 9.81. The van der Waals surface area contributed by atoms with Crippen LogP contribution in [0.3, 0.4) is 0 Å². The smallest absolute Gasteiger partial charge is 0.407 e. The first kappa shape index (κ1) is 13.7. The third-order valence-corrected chi connectivity index (χ3v) is 4.35. The molecule has 4 heteroatoms. The van der Waals surface area contributed by atoms with E-state index in [4.69, 9.17) is 4.74 Å². The topological polar surface area (TPSA) is 58.6 Å². The van der Waals surface area contributed by atoms with Gasteiger partial charge < -0.3 is 15.2 Å². The summed E-state index contributed by atoms with van der Waals surface area (Å²) in [5.74, 6) is 0.572. The van der Waals surface area contributed by atoms with Crippen molar-refractivity contribution >= 4 is 6.09 Å². The van der Waals surface area contributed by atoms with Gasteiger partial charge in [-0.05, 0) is 57.8 Å². The normalized spacial score (nSPS) is 35.3. The summed E-state index contributed by atoms with van der Waals surface area (Å²) in [5, 5.41) is 12.6. The van der Waals surface area contributed by atoms with Gasteiger partial charge in [-0.1, -0.05) is 6.42 Å². The number of aliphatic hydroxyl groups is 1. The molecule has 18 heavy (non-hydrogen) atoms. The molecular weight excluding hydrogens is 230 g/mol. The first-order valence-corrected chi connectivity index (χ1v) is 6.95. The molecule has 2 N–H and O–H groups in total. The third kappa shape index (κ3) is 2.79. The van der Waals surface area contributed by atoms with Crippen molar-refractivity contribution in [2.45, 2.75) is 64.5 Å². The van der Waals surface area contributed by atoms with Crippen LogP contribution in [0.25, 0.3) is 0 Å². The Morgan fingerprint density at radius 1 is 1.50 bits per heavy atom. The van der Waals surface area contributed by atoms with Gasteiger partial charge in [0.25, 0.3) is 0 Å². The molecule has 0 aromatic rings. The fourth-order valence-electron chi connectivity index (χ4n) is 3.62. The largest absolute Gasteiger partial charge is 0.444 e. The van der Waals surface area contributed by atoms with Crippen molar-refractivity contribution in [2.24, 2.45) is 11.3 Å². The molecule has 0 aromatic heterocycles. The van der Waals surface area contributed by atoms with Crippen molar-refractivity contribution in [3.63, 3.8) is 0 Å². The van der Waals surface area contributed by atoms with Crippen LogP contribution in [-0.2, 0) is 4.74 Å². The minimum atomic E-state index is -0.451. The van der Waals surface area contributed by atoms with Crippen molar-refractivity contribution in [3.8, 4) is 0 Å². The van der Waals surface area contributed by atoms with E-state index in [0.717, 1.165) is 19.3 Å². The summed E-state index contributed by atoms with van der Waals surface area (Å²) in [6.07, 6.45) is 5.05. The lowest BCUT2D eigenvalue weighted by Gasteiger charge is -2.26. The van der Waals surface area contributed by atoms with Gasteiger partial charge in [0.2, 0.25) is 0 Å². The molecule has 0 spiro atoms. The fourth-order valence-corrected chi connectivity index (χ4v) is 3.62.